The van der Waals surface area contributed by atoms with Crippen LogP contribution in [0.3, 0.4) is 0 Å². The van der Waals surface area contributed by atoms with Gasteiger partial charge in [0.2, 0.25) is 0 Å². The fourth-order valence-corrected chi connectivity index (χ4v) is 4.53. The molecule has 172 valence electrons. The predicted octanol–water partition coefficient (Wildman–Crippen LogP) is 3.92. The minimum absolute atomic E-state index is 0.00368. The van der Waals surface area contributed by atoms with Gasteiger partial charge in [-0.2, -0.15) is 0 Å². The number of anilines is 1. The molecule has 3 rings (SSSR count). The summed E-state index contributed by atoms with van der Waals surface area (Å²) >= 11 is 5.98. The molecule has 9 heteroatoms. The molecule has 0 radical (unpaired) electrons. The molecule has 1 amide bonds. The van der Waals surface area contributed by atoms with Crippen LogP contribution in [-0.2, 0) is 21.2 Å². The van der Waals surface area contributed by atoms with Gasteiger partial charge in [-0.25, -0.2) is 13.2 Å². The van der Waals surface area contributed by atoms with Crippen LogP contribution in [0, 0.1) is 0 Å². The van der Waals surface area contributed by atoms with Gasteiger partial charge in [-0.15, -0.1) is 0 Å². The summed E-state index contributed by atoms with van der Waals surface area (Å²) in [7, 11) is -1.13. The average molecular weight is 487 g/mol. The largest absolute Gasteiger partial charge is 0.465 e. The number of benzene rings is 3. The molecule has 7 nitrogen and oxygen atoms in total. The maximum absolute atomic E-state index is 13.0. The first kappa shape index (κ1) is 24.3. The van der Waals surface area contributed by atoms with Crippen LogP contribution >= 0.6 is 11.6 Å². The third kappa shape index (κ3) is 5.91. The van der Waals surface area contributed by atoms with Crippen molar-refractivity contribution in [1.82, 2.24) is 5.32 Å². The van der Waals surface area contributed by atoms with Crippen molar-refractivity contribution >= 4 is 39.2 Å². The van der Waals surface area contributed by atoms with Crippen LogP contribution in [0.15, 0.2) is 77.7 Å². The summed E-state index contributed by atoms with van der Waals surface area (Å²) in [6.45, 7) is 0.343. The van der Waals surface area contributed by atoms with E-state index < -0.39 is 16.0 Å². The molecule has 0 aromatic heterocycles. The Labute approximate surface area is 198 Å². The smallest absolute Gasteiger partial charge is 0.337 e. The molecule has 0 spiro atoms. The van der Waals surface area contributed by atoms with Crippen molar-refractivity contribution < 1.29 is 22.7 Å². The van der Waals surface area contributed by atoms with Crippen LogP contribution in [0.2, 0.25) is 5.02 Å². The molecule has 0 unspecified atom stereocenters. The van der Waals surface area contributed by atoms with E-state index in [0.717, 1.165) is 9.87 Å². The molecule has 33 heavy (non-hydrogen) atoms. The van der Waals surface area contributed by atoms with Crippen LogP contribution in [0.4, 0.5) is 5.69 Å². The van der Waals surface area contributed by atoms with Crippen LogP contribution in [0.1, 0.15) is 26.3 Å². The average Bonchev–Trinajstić information content (AvgIpc) is 2.83. The molecule has 0 aliphatic heterocycles. The maximum atomic E-state index is 13.0. The number of halogens is 1. The van der Waals surface area contributed by atoms with E-state index in [2.05, 4.69) is 10.1 Å². The van der Waals surface area contributed by atoms with E-state index in [1.165, 1.54) is 32.4 Å². The quantitative estimate of drug-likeness (QED) is 0.487. The van der Waals surface area contributed by atoms with Crippen LogP contribution in [0.5, 0.6) is 0 Å². The summed E-state index contributed by atoms with van der Waals surface area (Å²) in [4.78, 5) is 24.1. The van der Waals surface area contributed by atoms with Gasteiger partial charge in [0, 0.05) is 24.2 Å². The van der Waals surface area contributed by atoms with E-state index in [4.69, 9.17) is 11.6 Å². The summed E-state index contributed by atoms with van der Waals surface area (Å²) < 4.78 is 31.9. The Balaban J connectivity index is 1.66. The normalized spacial score (nSPS) is 11.0. The fourth-order valence-electron chi connectivity index (χ4n) is 3.11. The molecule has 3 aromatic carbocycles. The van der Waals surface area contributed by atoms with Crippen LogP contribution in [-0.4, -0.2) is 41.0 Å². The maximum Gasteiger partial charge on any atom is 0.337 e. The Morgan fingerprint density at radius 3 is 2.33 bits per heavy atom. The number of sulfonamides is 1. The number of nitrogens with zero attached hydrogens (tertiary/aromatic N) is 1. The molecule has 0 fully saturated rings. The number of rotatable bonds is 8. The lowest BCUT2D eigenvalue weighted by Crippen LogP contribution is -2.28. The Hall–Kier alpha value is -3.36. The summed E-state index contributed by atoms with van der Waals surface area (Å²) in [6, 6.07) is 19.3. The van der Waals surface area contributed by atoms with Gasteiger partial charge in [0.15, 0.2) is 0 Å². The van der Waals surface area contributed by atoms with Gasteiger partial charge < -0.3 is 10.1 Å². The number of carbonyl (C=O) groups excluding carboxylic acids is 2. The molecule has 0 atom stereocenters. The van der Waals surface area contributed by atoms with Crippen molar-refractivity contribution in [1.29, 1.82) is 0 Å². The molecular weight excluding hydrogens is 464 g/mol. The SMILES string of the molecule is COC(=O)c1ccc(CCNC(=O)c2cccc(S(=O)(=O)N(C)c3cccc(Cl)c3)c2)cc1. The Morgan fingerprint density at radius 2 is 1.67 bits per heavy atom. The van der Waals surface area contributed by atoms with Gasteiger partial charge in [0.25, 0.3) is 15.9 Å². The van der Waals surface area contributed by atoms with Crippen molar-refractivity contribution in [2.75, 3.05) is 25.0 Å². The molecular formula is C24H23ClN2O5S. The van der Waals surface area contributed by atoms with Crippen molar-refractivity contribution in [3.63, 3.8) is 0 Å². The highest BCUT2D eigenvalue weighted by Crippen LogP contribution is 2.25. The molecule has 0 aliphatic carbocycles. The second kappa shape index (κ2) is 10.5. The number of ether oxygens (including phenoxy) is 1. The number of esters is 1. The number of amides is 1. The van der Waals surface area contributed by atoms with Gasteiger partial charge in [-0.3, -0.25) is 9.10 Å². The van der Waals surface area contributed by atoms with Crippen molar-refractivity contribution in [3.8, 4) is 0 Å². The van der Waals surface area contributed by atoms with Crippen molar-refractivity contribution in [2.24, 2.45) is 0 Å². The summed E-state index contributed by atoms with van der Waals surface area (Å²) in [5, 5.41) is 3.21. The molecule has 0 bridgehead atoms. The molecule has 0 saturated carbocycles. The highest BCUT2D eigenvalue weighted by molar-refractivity contribution is 7.92. The van der Waals surface area contributed by atoms with E-state index in [-0.39, 0.29) is 16.4 Å². The van der Waals surface area contributed by atoms with E-state index in [1.54, 1.807) is 54.6 Å². The number of hydrogen-bond donors (Lipinski definition) is 1. The molecule has 1 N–H and O–H groups in total. The first-order valence-corrected chi connectivity index (χ1v) is 11.8. The first-order chi connectivity index (χ1) is 15.7. The Morgan fingerprint density at radius 1 is 0.970 bits per heavy atom. The number of hydrogen-bond acceptors (Lipinski definition) is 5. The number of carbonyl (C=O) groups is 2. The summed E-state index contributed by atoms with van der Waals surface area (Å²) in [5.41, 5.74) is 2.03. The second-order valence-electron chi connectivity index (χ2n) is 7.17. The van der Waals surface area contributed by atoms with Crippen molar-refractivity contribution in [2.45, 2.75) is 11.3 Å². The topological polar surface area (TPSA) is 92.8 Å². The number of methoxy groups -OCH3 is 1. The van der Waals surface area contributed by atoms with Gasteiger partial charge in [0.1, 0.15) is 0 Å². The monoisotopic (exact) mass is 486 g/mol. The zero-order valence-electron chi connectivity index (χ0n) is 18.1. The van der Waals surface area contributed by atoms with E-state index >= 15 is 0 Å². The fraction of sp³-hybridized carbons (Fsp3) is 0.167. The molecule has 0 heterocycles. The Bertz CT molecular complexity index is 1260. The first-order valence-electron chi connectivity index (χ1n) is 10.0. The highest BCUT2D eigenvalue weighted by atomic mass is 35.5. The van der Waals surface area contributed by atoms with Gasteiger partial charge in [-0.05, 0) is 60.5 Å². The zero-order chi connectivity index (χ0) is 24.0. The third-order valence-electron chi connectivity index (χ3n) is 5.00. The highest BCUT2D eigenvalue weighted by Gasteiger charge is 2.22. The summed E-state index contributed by atoms with van der Waals surface area (Å²) in [6.07, 6.45) is 0.544. The molecule has 3 aromatic rings. The van der Waals surface area contributed by atoms with E-state index in [9.17, 15) is 18.0 Å². The van der Waals surface area contributed by atoms with Crippen molar-refractivity contribution in [3.05, 3.63) is 94.5 Å². The van der Waals surface area contributed by atoms with Gasteiger partial charge in [-0.1, -0.05) is 35.9 Å². The molecule has 0 aliphatic rings. The minimum Gasteiger partial charge on any atom is -0.465 e. The van der Waals surface area contributed by atoms with E-state index in [1.807, 2.05) is 0 Å². The van der Waals surface area contributed by atoms with Crippen LogP contribution < -0.4 is 9.62 Å². The summed E-state index contributed by atoms with van der Waals surface area (Å²) in [5.74, 6) is -0.797. The van der Waals surface area contributed by atoms with Gasteiger partial charge >= 0.3 is 5.97 Å². The predicted molar refractivity (Wildman–Crippen MR) is 127 cm³/mol. The van der Waals surface area contributed by atoms with Crippen LogP contribution in [0.25, 0.3) is 0 Å². The lowest BCUT2D eigenvalue weighted by Gasteiger charge is -2.20. The lowest BCUT2D eigenvalue weighted by atomic mass is 10.1. The third-order valence-corrected chi connectivity index (χ3v) is 7.02. The number of nitrogens with one attached hydrogen (secondary N) is 1. The van der Waals surface area contributed by atoms with E-state index in [0.29, 0.717) is 29.2 Å². The molecule has 0 saturated heterocycles. The lowest BCUT2D eigenvalue weighted by molar-refractivity contribution is 0.0600. The Kier molecular flexibility index (Phi) is 7.73. The van der Waals surface area contributed by atoms with Gasteiger partial charge in [0.05, 0.1) is 23.3 Å². The minimum atomic E-state index is -3.88. The zero-order valence-corrected chi connectivity index (χ0v) is 19.7. The second-order valence-corrected chi connectivity index (χ2v) is 9.58. The standard InChI is InChI=1S/C24H23ClN2O5S/c1-27(21-7-4-6-20(25)16-21)33(30,31)22-8-3-5-19(15-22)23(28)26-14-13-17-9-11-18(12-10-17)24(29)32-2/h3-12,15-16H,13-14H2,1-2H3,(H,26,28).